The first-order valence-electron chi connectivity index (χ1n) is 5.64. The molecule has 1 aromatic rings. The SMILES string of the molecule is NS(=O)(=O)c1ccc(N2CC3(C2)OCCO3)cc1. The Morgan fingerprint density at radius 2 is 1.67 bits per heavy atom. The molecule has 0 saturated carbocycles. The fourth-order valence-electron chi connectivity index (χ4n) is 2.24. The molecule has 2 fully saturated rings. The van der Waals surface area contributed by atoms with Crippen LogP contribution in [0.3, 0.4) is 0 Å². The minimum Gasteiger partial charge on any atom is -0.361 e. The van der Waals surface area contributed by atoms with Crippen molar-refractivity contribution in [1.29, 1.82) is 0 Å². The van der Waals surface area contributed by atoms with Crippen LogP contribution in [-0.4, -0.2) is 40.5 Å². The van der Waals surface area contributed by atoms with Crippen molar-refractivity contribution in [3.8, 4) is 0 Å². The Morgan fingerprint density at radius 1 is 1.11 bits per heavy atom. The van der Waals surface area contributed by atoms with E-state index in [4.69, 9.17) is 14.6 Å². The number of hydrogen-bond donors (Lipinski definition) is 1. The summed E-state index contributed by atoms with van der Waals surface area (Å²) < 4.78 is 33.3. The second kappa shape index (κ2) is 3.92. The molecular weight excluding hydrogens is 256 g/mol. The van der Waals surface area contributed by atoms with E-state index in [2.05, 4.69) is 4.90 Å². The summed E-state index contributed by atoms with van der Waals surface area (Å²) in [6, 6.07) is 6.49. The Labute approximate surface area is 105 Å². The van der Waals surface area contributed by atoms with Gasteiger partial charge in [0.15, 0.2) is 0 Å². The Kier molecular flexibility index (Phi) is 2.60. The van der Waals surface area contributed by atoms with E-state index >= 15 is 0 Å². The van der Waals surface area contributed by atoms with E-state index < -0.39 is 15.8 Å². The molecule has 1 aromatic carbocycles. The van der Waals surface area contributed by atoms with Gasteiger partial charge in [-0.2, -0.15) is 0 Å². The van der Waals surface area contributed by atoms with Gasteiger partial charge in [0, 0.05) is 5.69 Å². The highest BCUT2D eigenvalue weighted by molar-refractivity contribution is 7.89. The molecule has 2 saturated heterocycles. The van der Waals surface area contributed by atoms with E-state index in [0.717, 1.165) is 5.69 Å². The highest BCUT2D eigenvalue weighted by atomic mass is 32.2. The van der Waals surface area contributed by atoms with E-state index in [-0.39, 0.29) is 4.90 Å². The minimum absolute atomic E-state index is 0.120. The van der Waals surface area contributed by atoms with E-state index in [1.165, 1.54) is 12.1 Å². The Bertz CT molecular complexity index is 541. The molecule has 0 radical (unpaired) electrons. The first-order valence-corrected chi connectivity index (χ1v) is 7.19. The highest BCUT2D eigenvalue weighted by Crippen LogP contribution is 2.34. The highest BCUT2D eigenvalue weighted by Gasteiger charge is 2.48. The summed E-state index contributed by atoms with van der Waals surface area (Å²) in [5.41, 5.74) is 0.937. The van der Waals surface area contributed by atoms with Gasteiger partial charge in [0.25, 0.3) is 0 Å². The molecule has 2 heterocycles. The van der Waals surface area contributed by atoms with Crippen molar-refractivity contribution in [2.24, 2.45) is 5.14 Å². The molecule has 3 rings (SSSR count). The molecule has 0 atom stereocenters. The van der Waals surface area contributed by atoms with Crippen molar-refractivity contribution in [2.75, 3.05) is 31.2 Å². The van der Waals surface area contributed by atoms with Crippen molar-refractivity contribution in [3.63, 3.8) is 0 Å². The molecule has 0 unspecified atom stereocenters. The average Bonchev–Trinajstić information content (AvgIpc) is 2.75. The lowest BCUT2D eigenvalue weighted by atomic mass is 10.1. The minimum atomic E-state index is -3.62. The number of hydrogen-bond acceptors (Lipinski definition) is 5. The number of rotatable bonds is 2. The second-order valence-corrected chi connectivity index (χ2v) is 6.06. The molecule has 6 nitrogen and oxygen atoms in total. The van der Waals surface area contributed by atoms with Crippen molar-refractivity contribution >= 4 is 15.7 Å². The molecule has 0 aromatic heterocycles. The van der Waals surface area contributed by atoms with Gasteiger partial charge in [0.1, 0.15) is 0 Å². The predicted octanol–water partition coefficient (Wildman–Crippen LogP) is -0.103. The van der Waals surface area contributed by atoms with Gasteiger partial charge in [-0.25, -0.2) is 13.6 Å². The smallest absolute Gasteiger partial charge is 0.238 e. The summed E-state index contributed by atoms with van der Waals surface area (Å²) in [5.74, 6) is -0.446. The molecule has 0 bridgehead atoms. The maximum absolute atomic E-state index is 11.1. The van der Waals surface area contributed by atoms with E-state index in [1.807, 2.05) is 0 Å². The first kappa shape index (κ1) is 11.9. The Hall–Kier alpha value is -1.15. The van der Waals surface area contributed by atoms with Crippen LogP contribution >= 0.6 is 0 Å². The van der Waals surface area contributed by atoms with Crippen molar-refractivity contribution in [3.05, 3.63) is 24.3 Å². The molecule has 18 heavy (non-hydrogen) atoms. The van der Waals surface area contributed by atoms with Crippen molar-refractivity contribution in [2.45, 2.75) is 10.7 Å². The van der Waals surface area contributed by atoms with Gasteiger partial charge in [-0.1, -0.05) is 0 Å². The molecule has 2 aliphatic heterocycles. The molecule has 7 heteroatoms. The fraction of sp³-hybridized carbons (Fsp3) is 0.455. The summed E-state index contributed by atoms with van der Waals surface area (Å²) in [4.78, 5) is 2.19. The standard InChI is InChI=1S/C11H14N2O4S/c12-18(14,15)10-3-1-9(2-4-10)13-7-11(8-13)16-5-6-17-11/h1-4H,5-8H2,(H2,12,14,15). The lowest BCUT2D eigenvalue weighted by Crippen LogP contribution is -2.62. The zero-order valence-electron chi connectivity index (χ0n) is 9.70. The van der Waals surface area contributed by atoms with Gasteiger partial charge in [0.2, 0.25) is 15.8 Å². The normalized spacial score (nSPS) is 22.2. The van der Waals surface area contributed by atoms with Gasteiger partial charge in [-0.05, 0) is 24.3 Å². The molecule has 0 amide bonds. The summed E-state index contributed by atoms with van der Waals surface area (Å²) in [5, 5.41) is 5.04. The van der Waals surface area contributed by atoms with Crippen LogP contribution < -0.4 is 10.0 Å². The lowest BCUT2D eigenvalue weighted by Gasteiger charge is -2.46. The quantitative estimate of drug-likeness (QED) is 0.811. The number of nitrogens with zero attached hydrogens (tertiary/aromatic N) is 1. The van der Waals surface area contributed by atoms with Crippen molar-refractivity contribution < 1.29 is 17.9 Å². The average molecular weight is 270 g/mol. The van der Waals surface area contributed by atoms with Crippen LogP contribution in [0.2, 0.25) is 0 Å². The molecule has 98 valence electrons. The number of ether oxygens (including phenoxy) is 2. The Balaban J connectivity index is 1.72. The molecule has 2 N–H and O–H groups in total. The van der Waals surface area contributed by atoms with Crippen molar-refractivity contribution in [1.82, 2.24) is 0 Å². The van der Waals surface area contributed by atoms with Crippen LogP contribution in [0.5, 0.6) is 0 Å². The van der Waals surface area contributed by atoms with E-state index in [0.29, 0.717) is 26.3 Å². The summed E-state index contributed by atoms with van der Waals surface area (Å²) >= 11 is 0. The number of primary sulfonamides is 1. The third-order valence-electron chi connectivity index (χ3n) is 3.21. The van der Waals surface area contributed by atoms with Gasteiger partial charge >= 0.3 is 0 Å². The van der Waals surface area contributed by atoms with Crippen LogP contribution in [0.4, 0.5) is 5.69 Å². The summed E-state index contributed by atoms with van der Waals surface area (Å²) in [7, 11) is -3.62. The van der Waals surface area contributed by atoms with Gasteiger partial charge in [-0.15, -0.1) is 0 Å². The van der Waals surface area contributed by atoms with Gasteiger partial charge < -0.3 is 14.4 Å². The second-order valence-electron chi connectivity index (χ2n) is 4.50. The Morgan fingerprint density at radius 3 is 2.17 bits per heavy atom. The summed E-state index contributed by atoms with van der Waals surface area (Å²) in [6.07, 6.45) is 0. The van der Waals surface area contributed by atoms with Crippen LogP contribution in [-0.2, 0) is 19.5 Å². The largest absolute Gasteiger partial charge is 0.361 e. The topological polar surface area (TPSA) is 81.9 Å². The third-order valence-corrected chi connectivity index (χ3v) is 4.14. The maximum Gasteiger partial charge on any atom is 0.238 e. The lowest BCUT2D eigenvalue weighted by molar-refractivity contribution is -0.172. The van der Waals surface area contributed by atoms with Crippen LogP contribution in [0.1, 0.15) is 0 Å². The molecular formula is C11H14N2O4S. The number of benzene rings is 1. The number of anilines is 1. The van der Waals surface area contributed by atoms with Crippen LogP contribution in [0, 0.1) is 0 Å². The molecule has 2 aliphatic rings. The third kappa shape index (κ3) is 1.99. The van der Waals surface area contributed by atoms with Gasteiger partial charge in [-0.3, -0.25) is 0 Å². The predicted molar refractivity (Wildman–Crippen MR) is 64.7 cm³/mol. The monoisotopic (exact) mass is 270 g/mol. The molecule has 0 aliphatic carbocycles. The van der Waals surface area contributed by atoms with E-state index in [9.17, 15) is 8.42 Å². The maximum atomic E-state index is 11.1. The van der Waals surface area contributed by atoms with Crippen LogP contribution in [0.25, 0.3) is 0 Å². The first-order chi connectivity index (χ1) is 8.49. The zero-order valence-corrected chi connectivity index (χ0v) is 10.5. The van der Waals surface area contributed by atoms with Crippen LogP contribution in [0.15, 0.2) is 29.2 Å². The fourth-order valence-corrected chi connectivity index (χ4v) is 2.76. The molecule has 1 spiro atoms. The van der Waals surface area contributed by atoms with Gasteiger partial charge in [0.05, 0.1) is 31.2 Å². The summed E-state index contributed by atoms with van der Waals surface area (Å²) in [6.45, 7) is 2.61. The number of nitrogens with two attached hydrogens (primary N) is 1. The zero-order chi connectivity index (χ0) is 12.8. The van der Waals surface area contributed by atoms with E-state index in [1.54, 1.807) is 12.1 Å². The number of sulfonamides is 1.